The maximum absolute atomic E-state index is 11.4. The standard InChI is InChI=1S/C9H7ClN2OS.C4H8O2/c1-14-9-8(13)11-6-4-2-3-5(10)7(6)12-9;1-4(2)6-3-5/h2-4H,1H3,(H,11,13);3-4H,1-2H3. The average Bonchev–Trinajstić information content (AvgIpc) is 2.39. The molecule has 0 atom stereocenters. The minimum Gasteiger partial charge on any atom is -0.465 e. The lowest BCUT2D eigenvalue weighted by molar-refractivity contribution is -0.131. The molecule has 7 heteroatoms. The first-order valence-corrected chi connectivity index (χ1v) is 7.41. The van der Waals surface area contributed by atoms with Crippen LogP contribution < -0.4 is 5.56 Å². The summed E-state index contributed by atoms with van der Waals surface area (Å²) in [4.78, 5) is 27.7. The van der Waals surface area contributed by atoms with Crippen LogP contribution >= 0.6 is 23.4 Å². The summed E-state index contributed by atoms with van der Waals surface area (Å²) in [7, 11) is 0. The summed E-state index contributed by atoms with van der Waals surface area (Å²) < 4.78 is 4.36. The number of nitrogens with zero attached hydrogens (tertiary/aromatic N) is 1. The second kappa shape index (κ2) is 7.91. The van der Waals surface area contributed by atoms with Crippen LogP contribution in [0.2, 0.25) is 5.02 Å². The Balaban J connectivity index is 0.000000286. The van der Waals surface area contributed by atoms with Crippen LogP contribution in [0.3, 0.4) is 0 Å². The van der Waals surface area contributed by atoms with Crippen molar-refractivity contribution in [3.05, 3.63) is 33.6 Å². The predicted octanol–water partition coefficient (Wildman–Crippen LogP) is 2.87. The van der Waals surface area contributed by atoms with Crippen molar-refractivity contribution in [2.45, 2.75) is 25.0 Å². The number of hydrogen-bond acceptors (Lipinski definition) is 5. The molecule has 2 rings (SSSR count). The van der Waals surface area contributed by atoms with E-state index in [0.717, 1.165) is 0 Å². The van der Waals surface area contributed by atoms with Crippen molar-refractivity contribution in [2.24, 2.45) is 0 Å². The Bertz CT molecular complexity index is 643. The molecule has 0 radical (unpaired) electrons. The number of carbonyl (C=O) groups is 1. The summed E-state index contributed by atoms with van der Waals surface area (Å²) >= 11 is 7.25. The van der Waals surface area contributed by atoms with E-state index in [-0.39, 0.29) is 11.7 Å². The molecule has 1 aromatic carbocycles. The Morgan fingerprint density at radius 1 is 1.45 bits per heavy atom. The molecule has 0 aliphatic rings. The number of benzene rings is 1. The van der Waals surface area contributed by atoms with Crippen molar-refractivity contribution in [3.8, 4) is 0 Å². The minimum absolute atomic E-state index is 0.0301. The van der Waals surface area contributed by atoms with Gasteiger partial charge in [0, 0.05) is 0 Å². The largest absolute Gasteiger partial charge is 0.465 e. The zero-order valence-corrected chi connectivity index (χ0v) is 12.9. The fourth-order valence-corrected chi connectivity index (χ4v) is 1.94. The number of carbonyl (C=O) groups excluding carboxylic acids is 1. The Morgan fingerprint density at radius 3 is 2.65 bits per heavy atom. The van der Waals surface area contributed by atoms with E-state index in [1.807, 2.05) is 0 Å². The van der Waals surface area contributed by atoms with E-state index in [4.69, 9.17) is 11.6 Å². The average molecular weight is 315 g/mol. The molecule has 0 bridgehead atoms. The van der Waals surface area contributed by atoms with Crippen LogP contribution in [-0.4, -0.2) is 28.8 Å². The number of halogens is 1. The minimum atomic E-state index is -0.174. The van der Waals surface area contributed by atoms with E-state index in [0.29, 0.717) is 27.6 Å². The third kappa shape index (κ3) is 4.54. The topological polar surface area (TPSA) is 72.0 Å². The molecule has 1 aromatic heterocycles. The van der Waals surface area contributed by atoms with Gasteiger partial charge in [-0.25, -0.2) is 4.98 Å². The predicted molar refractivity (Wildman–Crippen MR) is 81.4 cm³/mol. The van der Waals surface area contributed by atoms with E-state index in [1.54, 1.807) is 38.3 Å². The highest BCUT2D eigenvalue weighted by Crippen LogP contribution is 2.20. The van der Waals surface area contributed by atoms with Gasteiger partial charge in [0.2, 0.25) is 0 Å². The van der Waals surface area contributed by atoms with Gasteiger partial charge >= 0.3 is 0 Å². The summed E-state index contributed by atoms with van der Waals surface area (Å²) in [5.74, 6) is 0. The first-order chi connectivity index (χ1) is 9.49. The molecule has 0 aliphatic heterocycles. The second-order valence-electron chi connectivity index (χ2n) is 3.99. The van der Waals surface area contributed by atoms with Gasteiger partial charge in [-0.05, 0) is 32.2 Å². The van der Waals surface area contributed by atoms with Crippen LogP contribution in [0.5, 0.6) is 0 Å². The van der Waals surface area contributed by atoms with Crippen LogP contribution in [0.4, 0.5) is 0 Å². The van der Waals surface area contributed by atoms with Gasteiger partial charge < -0.3 is 9.72 Å². The van der Waals surface area contributed by atoms with Gasteiger partial charge in [-0.3, -0.25) is 9.59 Å². The lowest BCUT2D eigenvalue weighted by Crippen LogP contribution is -2.10. The van der Waals surface area contributed by atoms with Gasteiger partial charge in [0.05, 0.1) is 16.6 Å². The molecule has 20 heavy (non-hydrogen) atoms. The zero-order chi connectivity index (χ0) is 15.1. The highest BCUT2D eigenvalue weighted by Gasteiger charge is 2.05. The number of aromatic nitrogens is 2. The van der Waals surface area contributed by atoms with Crippen LogP contribution in [-0.2, 0) is 9.53 Å². The molecular weight excluding hydrogens is 300 g/mol. The monoisotopic (exact) mass is 314 g/mol. The molecule has 0 aliphatic carbocycles. The van der Waals surface area contributed by atoms with E-state index in [1.165, 1.54) is 11.8 Å². The van der Waals surface area contributed by atoms with E-state index >= 15 is 0 Å². The Morgan fingerprint density at radius 2 is 2.15 bits per heavy atom. The fraction of sp³-hybridized carbons (Fsp3) is 0.308. The SMILES string of the molecule is CC(C)OC=O.CSc1nc2c(Cl)cccc2[nH]c1=O. The lowest BCUT2D eigenvalue weighted by atomic mass is 10.3. The van der Waals surface area contributed by atoms with E-state index in [2.05, 4.69) is 14.7 Å². The Labute approximate surface area is 125 Å². The number of rotatable bonds is 3. The summed E-state index contributed by atoms with van der Waals surface area (Å²) in [5.41, 5.74) is 1.13. The number of fused-ring (bicyclic) bond motifs is 1. The first-order valence-electron chi connectivity index (χ1n) is 5.81. The van der Waals surface area contributed by atoms with Crippen molar-refractivity contribution >= 4 is 40.9 Å². The van der Waals surface area contributed by atoms with Crippen LogP contribution in [0.25, 0.3) is 11.0 Å². The molecule has 108 valence electrons. The molecule has 0 amide bonds. The van der Waals surface area contributed by atoms with E-state index < -0.39 is 0 Å². The molecule has 1 heterocycles. The highest BCUT2D eigenvalue weighted by molar-refractivity contribution is 7.98. The summed E-state index contributed by atoms with van der Waals surface area (Å²) in [6.45, 7) is 4.05. The number of ether oxygens (including phenoxy) is 1. The molecule has 0 saturated heterocycles. The Hall–Kier alpha value is -1.53. The second-order valence-corrected chi connectivity index (χ2v) is 5.19. The number of aromatic amines is 1. The number of H-pyrrole nitrogens is 1. The third-order valence-electron chi connectivity index (χ3n) is 2.16. The van der Waals surface area contributed by atoms with Gasteiger partial charge in [0.25, 0.3) is 12.0 Å². The first kappa shape index (κ1) is 16.5. The zero-order valence-electron chi connectivity index (χ0n) is 11.3. The number of hydrogen-bond donors (Lipinski definition) is 1. The van der Waals surface area contributed by atoms with Crippen LogP contribution in [0.15, 0.2) is 28.0 Å². The molecule has 0 saturated carbocycles. The molecule has 0 fully saturated rings. The third-order valence-corrected chi connectivity index (χ3v) is 3.13. The van der Waals surface area contributed by atoms with E-state index in [9.17, 15) is 9.59 Å². The van der Waals surface area contributed by atoms with Gasteiger partial charge in [-0.1, -0.05) is 17.7 Å². The maximum atomic E-state index is 11.4. The number of nitrogens with one attached hydrogen (secondary N) is 1. The summed E-state index contributed by atoms with van der Waals surface area (Å²) in [5, 5.41) is 0.986. The summed E-state index contributed by atoms with van der Waals surface area (Å²) in [6, 6.07) is 5.31. The van der Waals surface area contributed by atoms with Crippen molar-refractivity contribution in [1.29, 1.82) is 0 Å². The van der Waals surface area contributed by atoms with Crippen molar-refractivity contribution in [3.63, 3.8) is 0 Å². The quantitative estimate of drug-likeness (QED) is 0.696. The molecule has 1 N–H and O–H groups in total. The maximum Gasteiger partial charge on any atom is 0.293 e. The molecule has 0 spiro atoms. The summed E-state index contributed by atoms with van der Waals surface area (Å²) in [6.07, 6.45) is 1.84. The van der Waals surface area contributed by atoms with Gasteiger partial charge in [-0.15, -0.1) is 11.8 Å². The smallest absolute Gasteiger partial charge is 0.293 e. The molecular formula is C13H15ClN2O3S. The normalized spacial score (nSPS) is 10.1. The molecule has 2 aromatic rings. The van der Waals surface area contributed by atoms with Crippen LogP contribution in [0.1, 0.15) is 13.8 Å². The molecule has 5 nitrogen and oxygen atoms in total. The number of para-hydroxylation sites is 1. The molecule has 0 unspecified atom stereocenters. The van der Waals surface area contributed by atoms with Gasteiger partial charge in [0.15, 0.2) is 5.03 Å². The van der Waals surface area contributed by atoms with Gasteiger partial charge in [0.1, 0.15) is 5.52 Å². The van der Waals surface area contributed by atoms with Crippen molar-refractivity contribution in [1.82, 2.24) is 9.97 Å². The highest BCUT2D eigenvalue weighted by atomic mass is 35.5. The van der Waals surface area contributed by atoms with Crippen molar-refractivity contribution < 1.29 is 9.53 Å². The van der Waals surface area contributed by atoms with Crippen LogP contribution in [0, 0.1) is 0 Å². The van der Waals surface area contributed by atoms with Crippen molar-refractivity contribution in [2.75, 3.05) is 6.26 Å². The van der Waals surface area contributed by atoms with Gasteiger partial charge in [-0.2, -0.15) is 0 Å². The fourth-order valence-electron chi connectivity index (χ4n) is 1.31. The Kier molecular flexibility index (Phi) is 6.54. The lowest BCUT2D eigenvalue weighted by Gasteiger charge is -2.00. The number of thioether (sulfide) groups is 1.